The molecule has 0 bridgehead atoms. The summed E-state index contributed by atoms with van der Waals surface area (Å²) >= 11 is 0. The third-order valence-electron chi connectivity index (χ3n) is 4.34. The van der Waals surface area contributed by atoms with Gasteiger partial charge in [0.05, 0.1) is 10.6 Å². The molecule has 6 nitrogen and oxygen atoms in total. The van der Waals surface area contributed by atoms with E-state index in [-0.39, 0.29) is 11.4 Å². The second-order valence-electron chi connectivity index (χ2n) is 6.41. The van der Waals surface area contributed by atoms with Crippen LogP contribution < -0.4 is 14.4 Å². The van der Waals surface area contributed by atoms with Gasteiger partial charge in [0.25, 0.3) is 15.9 Å². The van der Waals surface area contributed by atoms with E-state index >= 15 is 0 Å². The van der Waals surface area contributed by atoms with Crippen molar-refractivity contribution in [3.8, 4) is 5.75 Å². The minimum absolute atomic E-state index is 0.175. The number of hydrogen-bond donors (Lipinski definition) is 1. The monoisotopic (exact) mass is 446 g/mol. The average Bonchev–Trinajstić information content (AvgIpc) is 2.77. The van der Waals surface area contributed by atoms with Crippen molar-refractivity contribution in [1.29, 1.82) is 0 Å². The van der Waals surface area contributed by atoms with Gasteiger partial charge in [-0.05, 0) is 55.5 Å². The van der Waals surface area contributed by atoms with Crippen LogP contribution in [0.1, 0.15) is 6.92 Å². The molecule has 0 aromatic heterocycles. The molecule has 3 rings (SSSR count). The van der Waals surface area contributed by atoms with Gasteiger partial charge in [-0.3, -0.25) is 9.10 Å². The zero-order chi connectivity index (χ0) is 22.4. The van der Waals surface area contributed by atoms with Crippen molar-refractivity contribution in [1.82, 2.24) is 0 Å². The Kier molecular flexibility index (Phi) is 6.86. The van der Waals surface area contributed by atoms with Crippen molar-refractivity contribution in [2.24, 2.45) is 0 Å². The van der Waals surface area contributed by atoms with Crippen LogP contribution >= 0.6 is 0 Å². The van der Waals surface area contributed by atoms with Crippen LogP contribution in [-0.2, 0) is 14.8 Å². The molecule has 0 radical (unpaired) electrons. The van der Waals surface area contributed by atoms with Crippen LogP contribution in [0.3, 0.4) is 0 Å². The van der Waals surface area contributed by atoms with Gasteiger partial charge in [0.2, 0.25) is 0 Å². The number of carbonyl (C=O) groups excluding carboxylic acids is 1. The average molecular weight is 446 g/mol. The lowest BCUT2D eigenvalue weighted by Gasteiger charge is -2.23. The SMILES string of the molecule is CCN(c1ccc(OCC(=O)Nc2c(F)cccc2F)cc1)S(=O)(=O)c1ccccc1. The lowest BCUT2D eigenvalue weighted by Crippen LogP contribution is -2.30. The van der Waals surface area contributed by atoms with E-state index in [0.29, 0.717) is 11.4 Å². The van der Waals surface area contributed by atoms with Gasteiger partial charge >= 0.3 is 0 Å². The number of nitrogens with zero attached hydrogens (tertiary/aromatic N) is 1. The smallest absolute Gasteiger partial charge is 0.264 e. The fraction of sp³-hybridized carbons (Fsp3) is 0.136. The van der Waals surface area contributed by atoms with E-state index in [2.05, 4.69) is 5.32 Å². The first-order chi connectivity index (χ1) is 14.8. The number of hydrogen-bond acceptors (Lipinski definition) is 4. The number of para-hydroxylation sites is 1. The van der Waals surface area contributed by atoms with Crippen LogP contribution in [0.2, 0.25) is 0 Å². The standard InChI is InChI=1S/C22H20F2N2O4S/c1-2-26(31(28,29)18-7-4-3-5-8-18)16-11-13-17(14-12-16)30-15-21(27)25-22-19(23)9-6-10-20(22)24/h3-14H,2,15H2,1H3,(H,25,27). The summed E-state index contributed by atoms with van der Waals surface area (Å²) in [6.45, 7) is 1.46. The predicted octanol–water partition coefficient (Wildman–Crippen LogP) is 4.20. The lowest BCUT2D eigenvalue weighted by atomic mass is 10.3. The van der Waals surface area contributed by atoms with Gasteiger partial charge in [0, 0.05) is 6.54 Å². The van der Waals surface area contributed by atoms with E-state index in [4.69, 9.17) is 4.74 Å². The van der Waals surface area contributed by atoms with Crippen LogP contribution in [0.25, 0.3) is 0 Å². The summed E-state index contributed by atoms with van der Waals surface area (Å²) in [6.07, 6.45) is 0. The van der Waals surface area contributed by atoms with Crippen LogP contribution in [0, 0.1) is 11.6 Å². The van der Waals surface area contributed by atoms with Crippen molar-refractivity contribution in [2.45, 2.75) is 11.8 Å². The third kappa shape index (κ3) is 5.18. The number of carbonyl (C=O) groups is 1. The zero-order valence-corrected chi connectivity index (χ0v) is 17.4. The number of halogens is 2. The van der Waals surface area contributed by atoms with Gasteiger partial charge in [-0.1, -0.05) is 24.3 Å². The molecule has 0 atom stereocenters. The molecule has 0 saturated carbocycles. The Balaban J connectivity index is 1.66. The van der Waals surface area contributed by atoms with Crippen molar-refractivity contribution in [2.75, 3.05) is 22.8 Å². The highest BCUT2D eigenvalue weighted by Crippen LogP contribution is 2.25. The molecular weight excluding hydrogens is 426 g/mol. The van der Waals surface area contributed by atoms with Crippen molar-refractivity contribution in [3.63, 3.8) is 0 Å². The molecule has 0 aliphatic heterocycles. The maximum absolute atomic E-state index is 13.6. The normalized spacial score (nSPS) is 11.1. The summed E-state index contributed by atoms with van der Waals surface area (Å²) < 4.78 is 59.5. The molecule has 0 heterocycles. The number of amides is 1. The highest BCUT2D eigenvalue weighted by molar-refractivity contribution is 7.92. The van der Waals surface area contributed by atoms with Crippen molar-refractivity contribution < 1.29 is 26.7 Å². The van der Waals surface area contributed by atoms with E-state index < -0.39 is 39.9 Å². The highest BCUT2D eigenvalue weighted by atomic mass is 32.2. The Bertz CT molecular complexity index is 1130. The van der Waals surface area contributed by atoms with E-state index in [0.717, 1.165) is 12.1 Å². The van der Waals surface area contributed by atoms with Crippen LogP contribution in [0.4, 0.5) is 20.2 Å². The number of anilines is 2. The molecule has 0 fully saturated rings. The minimum Gasteiger partial charge on any atom is -0.484 e. The van der Waals surface area contributed by atoms with Crippen LogP contribution in [0.15, 0.2) is 77.7 Å². The van der Waals surface area contributed by atoms with Crippen molar-refractivity contribution in [3.05, 3.63) is 84.4 Å². The van der Waals surface area contributed by atoms with Gasteiger partial charge in [0.15, 0.2) is 6.61 Å². The van der Waals surface area contributed by atoms with Gasteiger partial charge in [-0.25, -0.2) is 17.2 Å². The number of ether oxygens (including phenoxy) is 1. The molecule has 0 spiro atoms. The Morgan fingerprint density at radius 2 is 1.55 bits per heavy atom. The fourth-order valence-corrected chi connectivity index (χ4v) is 4.36. The first kappa shape index (κ1) is 22.2. The highest BCUT2D eigenvalue weighted by Gasteiger charge is 2.23. The number of rotatable bonds is 8. The molecule has 3 aromatic carbocycles. The Morgan fingerprint density at radius 3 is 2.13 bits per heavy atom. The summed E-state index contributed by atoms with van der Waals surface area (Å²) in [5.41, 5.74) is -0.118. The van der Waals surface area contributed by atoms with Gasteiger partial charge in [-0.15, -0.1) is 0 Å². The minimum atomic E-state index is -3.73. The first-order valence-corrected chi connectivity index (χ1v) is 10.8. The van der Waals surface area contributed by atoms with Crippen LogP contribution in [0.5, 0.6) is 5.75 Å². The summed E-state index contributed by atoms with van der Waals surface area (Å²) in [7, 11) is -3.73. The molecule has 0 aliphatic rings. The Hall–Kier alpha value is -3.46. The van der Waals surface area contributed by atoms with Gasteiger partial charge < -0.3 is 10.1 Å². The molecule has 1 amide bonds. The molecule has 0 saturated heterocycles. The first-order valence-electron chi connectivity index (χ1n) is 9.37. The quantitative estimate of drug-likeness (QED) is 0.563. The summed E-state index contributed by atoms with van der Waals surface area (Å²) in [4.78, 5) is 12.1. The van der Waals surface area contributed by atoms with Crippen LogP contribution in [-0.4, -0.2) is 27.5 Å². The molecular formula is C22H20F2N2O4S. The molecule has 31 heavy (non-hydrogen) atoms. The van der Waals surface area contributed by atoms with Gasteiger partial charge in [-0.2, -0.15) is 0 Å². The van der Waals surface area contributed by atoms with E-state index in [1.54, 1.807) is 37.3 Å². The zero-order valence-electron chi connectivity index (χ0n) is 16.6. The molecule has 162 valence electrons. The maximum atomic E-state index is 13.6. The van der Waals surface area contributed by atoms with Crippen molar-refractivity contribution >= 4 is 27.3 Å². The topological polar surface area (TPSA) is 75.7 Å². The lowest BCUT2D eigenvalue weighted by molar-refractivity contribution is -0.118. The van der Waals surface area contributed by atoms with E-state index in [9.17, 15) is 22.0 Å². The largest absolute Gasteiger partial charge is 0.484 e. The third-order valence-corrected chi connectivity index (χ3v) is 6.26. The second kappa shape index (κ2) is 9.57. The Labute approximate surface area is 179 Å². The maximum Gasteiger partial charge on any atom is 0.264 e. The molecule has 3 aromatic rings. The van der Waals surface area contributed by atoms with E-state index in [1.807, 2.05) is 0 Å². The molecule has 0 unspecified atom stereocenters. The van der Waals surface area contributed by atoms with Gasteiger partial charge in [0.1, 0.15) is 23.1 Å². The fourth-order valence-electron chi connectivity index (χ4n) is 2.86. The molecule has 9 heteroatoms. The molecule has 1 N–H and O–H groups in total. The summed E-state index contributed by atoms with van der Waals surface area (Å²) in [5.74, 6) is -2.23. The summed E-state index contributed by atoms with van der Waals surface area (Å²) in [5, 5.41) is 2.12. The second-order valence-corrected chi connectivity index (χ2v) is 8.27. The van der Waals surface area contributed by atoms with E-state index in [1.165, 1.54) is 34.6 Å². The number of sulfonamides is 1. The number of nitrogens with one attached hydrogen (secondary N) is 1. The molecule has 0 aliphatic carbocycles. The summed E-state index contributed by atoms with van der Waals surface area (Å²) in [6, 6.07) is 17.4. The Morgan fingerprint density at radius 1 is 0.935 bits per heavy atom. The number of benzene rings is 3. The predicted molar refractivity (Wildman–Crippen MR) is 114 cm³/mol.